The van der Waals surface area contributed by atoms with E-state index in [-0.39, 0.29) is 21.8 Å². The number of aromatic nitrogens is 1. The zero-order valence-electron chi connectivity index (χ0n) is 8.77. The summed E-state index contributed by atoms with van der Waals surface area (Å²) < 4.78 is 0. The van der Waals surface area contributed by atoms with Gasteiger partial charge in [-0.25, -0.2) is 4.98 Å². The highest BCUT2D eigenvalue weighted by Crippen LogP contribution is 2.32. The summed E-state index contributed by atoms with van der Waals surface area (Å²) in [6, 6.07) is 5.00. The number of fused-ring (bicyclic) bond motifs is 1. The number of nitro groups is 1. The molecule has 6 heteroatoms. The van der Waals surface area contributed by atoms with Crippen LogP contribution in [-0.2, 0) is 0 Å². The number of pyridine rings is 1. The molecule has 2 rings (SSSR count). The lowest BCUT2D eigenvalue weighted by atomic mass is 10.1. The number of nitro benzene ring substituents is 1. The lowest BCUT2D eigenvalue weighted by Crippen LogP contribution is -1.94. The summed E-state index contributed by atoms with van der Waals surface area (Å²) in [6.07, 6.45) is 1.24. The van der Waals surface area contributed by atoms with Crippen LogP contribution in [0.3, 0.4) is 0 Å². The summed E-state index contributed by atoms with van der Waals surface area (Å²) in [5, 5.41) is 20.3. The standard InChI is InChI=1S/C11H6ClN3O2/c1-6-2-8-10(12)7(4-13)5-14-11(8)9(3-6)15(16)17/h2-3,5H,1H3. The van der Waals surface area contributed by atoms with Crippen molar-refractivity contribution in [3.05, 3.63) is 44.6 Å². The van der Waals surface area contributed by atoms with Gasteiger partial charge in [0.05, 0.1) is 15.5 Å². The second-order valence-electron chi connectivity index (χ2n) is 3.53. The molecule has 0 aliphatic heterocycles. The van der Waals surface area contributed by atoms with E-state index < -0.39 is 4.92 Å². The van der Waals surface area contributed by atoms with Crippen molar-refractivity contribution >= 4 is 28.2 Å². The quantitative estimate of drug-likeness (QED) is 0.573. The SMILES string of the molecule is Cc1cc([N+](=O)[O-])c2ncc(C#N)c(Cl)c2c1. The molecule has 0 atom stereocenters. The van der Waals surface area contributed by atoms with Crippen molar-refractivity contribution in [1.82, 2.24) is 4.98 Å². The maximum absolute atomic E-state index is 10.9. The number of aryl methyl sites for hydroxylation is 1. The molecule has 0 N–H and O–H groups in total. The monoisotopic (exact) mass is 247 g/mol. The van der Waals surface area contributed by atoms with Crippen LogP contribution in [0, 0.1) is 28.4 Å². The first-order valence-electron chi connectivity index (χ1n) is 4.68. The lowest BCUT2D eigenvalue weighted by Gasteiger charge is -2.03. The van der Waals surface area contributed by atoms with Gasteiger partial charge in [0.15, 0.2) is 0 Å². The van der Waals surface area contributed by atoms with Crippen LogP contribution < -0.4 is 0 Å². The van der Waals surface area contributed by atoms with Gasteiger partial charge < -0.3 is 0 Å². The third-order valence-corrected chi connectivity index (χ3v) is 2.75. The van der Waals surface area contributed by atoms with Crippen molar-refractivity contribution in [3.63, 3.8) is 0 Å². The second kappa shape index (κ2) is 4.00. The molecule has 0 aliphatic carbocycles. The van der Waals surface area contributed by atoms with Gasteiger partial charge in [-0.3, -0.25) is 10.1 Å². The van der Waals surface area contributed by atoms with E-state index in [4.69, 9.17) is 16.9 Å². The third-order valence-electron chi connectivity index (χ3n) is 2.35. The molecule has 17 heavy (non-hydrogen) atoms. The minimum absolute atomic E-state index is 0.105. The summed E-state index contributed by atoms with van der Waals surface area (Å²) in [7, 11) is 0. The highest BCUT2D eigenvalue weighted by molar-refractivity contribution is 6.36. The molecule has 0 amide bonds. The normalized spacial score (nSPS) is 10.2. The molecular formula is C11H6ClN3O2. The van der Waals surface area contributed by atoms with Crippen molar-refractivity contribution in [2.45, 2.75) is 6.92 Å². The van der Waals surface area contributed by atoms with Gasteiger partial charge in [0.25, 0.3) is 5.69 Å². The number of nitrogens with zero attached hydrogens (tertiary/aromatic N) is 3. The molecule has 1 aromatic carbocycles. The van der Waals surface area contributed by atoms with Crippen molar-refractivity contribution in [2.75, 3.05) is 0 Å². The Hall–Kier alpha value is -2.19. The average Bonchev–Trinajstić information content (AvgIpc) is 2.29. The Morgan fingerprint density at radius 1 is 1.53 bits per heavy atom. The van der Waals surface area contributed by atoms with E-state index in [0.717, 1.165) is 0 Å². The van der Waals surface area contributed by atoms with Gasteiger partial charge in [0, 0.05) is 17.6 Å². The topological polar surface area (TPSA) is 79.8 Å². The summed E-state index contributed by atoms with van der Waals surface area (Å²) in [5.41, 5.74) is 0.998. The molecule has 84 valence electrons. The van der Waals surface area contributed by atoms with Crippen LogP contribution in [0.4, 0.5) is 5.69 Å². The average molecular weight is 248 g/mol. The summed E-state index contributed by atoms with van der Waals surface area (Å²) >= 11 is 6.01. The Bertz CT molecular complexity index is 676. The predicted molar refractivity (Wildman–Crippen MR) is 62.9 cm³/mol. The van der Waals surface area contributed by atoms with Gasteiger partial charge in [0.1, 0.15) is 11.6 Å². The molecule has 0 saturated carbocycles. The van der Waals surface area contributed by atoms with Crippen LogP contribution >= 0.6 is 11.6 Å². The number of hydrogen-bond donors (Lipinski definition) is 0. The number of hydrogen-bond acceptors (Lipinski definition) is 4. The van der Waals surface area contributed by atoms with Crippen molar-refractivity contribution < 1.29 is 4.92 Å². The summed E-state index contributed by atoms with van der Waals surface area (Å²) in [4.78, 5) is 14.3. The van der Waals surface area contributed by atoms with Crippen LogP contribution in [-0.4, -0.2) is 9.91 Å². The Morgan fingerprint density at radius 3 is 2.82 bits per heavy atom. The Balaban J connectivity index is 2.95. The fourth-order valence-electron chi connectivity index (χ4n) is 1.61. The Labute approximate surface area is 101 Å². The Morgan fingerprint density at radius 2 is 2.24 bits per heavy atom. The molecule has 1 aromatic heterocycles. The first-order chi connectivity index (χ1) is 8.04. The van der Waals surface area contributed by atoms with E-state index in [1.165, 1.54) is 12.3 Å². The van der Waals surface area contributed by atoms with E-state index in [1.54, 1.807) is 13.0 Å². The van der Waals surface area contributed by atoms with E-state index in [0.29, 0.717) is 10.9 Å². The zero-order valence-corrected chi connectivity index (χ0v) is 9.52. The molecule has 0 unspecified atom stereocenters. The van der Waals surface area contributed by atoms with Crippen LogP contribution in [0.2, 0.25) is 5.02 Å². The van der Waals surface area contributed by atoms with Gasteiger partial charge in [-0.15, -0.1) is 0 Å². The van der Waals surface area contributed by atoms with Crippen molar-refractivity contribution in [3.8, 4) is 6.07 Å². The van der Waals surface area contributed by atoms with E-state index in [9.17, 15) is 10.1 Å². The predicted octanol–water partition coefficient (Wildman–Crippen LogP) is 2.98. The fraction of sp³-hybridized carbons (Fsp3) is 0.0909. The maximum Gasteiger partial charge on any atom is 0.295 e. The molecule has 5 nitrogen and oxygen atoms in total. The van der Waals surface area contributed by atoms with Crippen molar-refractivity contribution in [1.29, 1.82) is 5.26 Å². The first-order valence-corrected chi connectivity index (χ1v) is 5.05. The largest absolute Gasteiger partial charge is 0.295 e. The van der Waals surface area contributed by atoms with E-state index >= 15 is 0 Å². The van der Waals surface area contributed by atoms with E-state index in [2.05, 4.69) is 4.98 Å². The van der Waals surface area contributed by atoms with Gasteiger partial charge in [-0.1, -0.05) is 11.6 Å². The van der Waals surface area contributed by atoms with Crippen LogP contribution in [0.25, 0.3) is 10.9 Å². The summed E-state index contributed by atoms with van der Waals surface area (Å²) in [5.74, 6) is 0. The van der Waals surface area contributed by atoms with Crippen LogP contribution in [0.5, 0.6) is 0 Å². The molecule has 0 fully saturated rings. The number of nitriles is 1. The van der Waals surface area contributed by atoms with Gasteiger partial charge in [-0.05, 0) is 18.6 Å². The van der Waals surface area contributed by atoms with E-state index in [1.807, 2.05) is 6.07 Å². The molecule has 0 radical (unpaired) electrons. The molecule has 2 aromatic rings. The highest BCUT2D eigenvalue weighted by Gasteiger charge is 2.17. The molecule has 1 heterocycles. The number of halogens is 1. The fourth-order valence-corrected chi connectivity index (χ4v) is 1.85. The second-order valence-corrected chi connectivity index (χ2v) is 3.91. The van der Waals surface area contributed by atoms with Gasteiger partial charge in [-0.2, -0.15) is 5.26 Å². The highest BCUT2D eigenvalue weighted by atomic mass is 35.5. The molecule has 0 aliphatic rings. The molecule has 0 bridgehead atoms. The Kier molecular flexibility index (Phi) is 2.66. The molecule has 0 spiro atoms. The minimum atomic E-state index is -0.509. The maximum atomic E-state index is 10.9. The molecule has 0 saturated heterocycles. The van der Waals surface area contributed by atoms with Gasteiger partial charge in [0.2, 0.25) is 0 Å². The number of non-ortho nitro benzene ring substituents is 1. The third kappa shape index (κ3) is 1.79. The first kappa shape index (κ1) is 11.3. The number of rotatable bonds is 1. The molecular weight excluding hydrogens is 242 g/mol. The zero-order chi connectivity index (χ0) is 12.6. The minimum Gasteiger partial charge on any atom is -0.258 e. The van der Waals surface area contributed by atoms with Crippen molar-refractivity contribution in [2.24, 2.45) is 0 Å². The number of benzene rings is 1. The summed E-state index contributed by atoms with van der Waals surface area (Å²) in [6.45, 7) is 1.72. The smallest absolute Gasteiger partial charge is 0.258 e. The lowest BCUT2D eigenvalue weighted by molar-refractivity contribution is -0.383. The van der Waals surface area contributed by atoms with Crippen LogP contribution in [0.15, 0.2) is 18.3 Å². The van der Waals surface area contributed by atoms with Gasteiger partial charge >= 0.3 is 0 Å². The van der Waals surface area contributed by atoms with Crippen LogP contribution in [0.1, 0.15) is 11.1 Å².